The van der Waals surface area contributed by atoms with E-state index in [1.54, 1.807) is 0 Å². The fraction of sp³-hybridized carbons (Fsp3) is 0.684. The predicted octanol–water partition coefficient (Wildman–Crippen LogP) is 1.31. The van der Waals surface area contributed by atoms with Gasteiger partial charge in [-0.25, -0.2) is 4.98 Å². The van der Waals surface area contributed by atoms with Crippen molar-refractivity contribution in [1.82, 2.24) is 15.6 Å². The van der Waals surface area contributed by atoms with E-state index in [-0.39, 0.29) is 11.3 Å². The first-order valence-corrected chi connectivity index (χ1v) is 9.55. The summed E-state index contributed by atoms with van der Waals surface area (Å²) in [5.41, 5.74) is 0.928. The molecule has 0 radical (unpaired) electrons. The van der Waals surface area contributed by atoms with Crippen LogP contribution in [0.1, 0.15) is 31.2 Å². The second-order valence-corrected chi connectivity index (χ2v) is 7.53. The molecule has 2 saturated heterocycles. The first kappa shape index (κ1) is 16.8. The molecule has 0 spiro atoms. The molecule has 2 N–H and O–H groups in total. The standard InChI is InChI=1S/C19H28N4O2/c24-18(19-5-2-1-3-16(19)13-20-14-19)22-12-15-4-6-21-17(11-15)23-7-9-25-10-8-23/h4,6,11,16,20H,1-3,5,7-10,12-14H2,(H,22,24)/t16-,19+/m0/s1. The van der Waals surface area contributed by atoms with Crippen molar-refractivity contribution >= 4 is 11.7 Å². The van der Waals surface area contributed by atoms with Gasteiger partial charge in [-0.05, 0) is 43.0 Å². The fourth-order valence-corrected chi connectivity index (χ4v) is 4.58. The van der Waals surface area contributed by atoms with Crippen LogP contribution in [0.4, 0.5) is 5.82 Å². The number of morpholine rings is 1. The van der Waals surface area contributed by atoms with Gasteiger partial charge in [-0.15, -0.1) is 0 Å². The number of hydrogen-bond acceptors (Lipinski definition) is 5. The molecule has 1 aromatic heterocycles. The van der Waals surface area contributed by atoms with Gasteiger partial charge in [-0.3, -0.25) is 4.79 Å². The van der Waals surface area contributed by atoms with E-state index in [0.29, 0.717) is 12.5 Å². The van der Waals surface area contributed by atoms with Crippen LogP contribution in [-0.4, -0.2) is 50.3 Å². The maximum absolute atomic E-state index is 13.0. The molecule has 0 unspecified atom stereocenters. The molecule has 1 saturated carbocycles. The van der Waals surface area contributed by atoms with E-state index in [4.69, 9.17) is 4.74 Å². The van der Waals surface area contributed by atoms with Crippen LogP contribution in [0.2, 0.25) is 0 Å². The molecule has 136 valence electrons. The minimum absolute atomic E-state index is 0.182. The average Bonchev–Trinajstić information content (AvgIpc) is 3.12. The summed E-state index contributed by atoms with van der Waals surface area (Å²) < 4.78 is 5.40. The van der Waals surface area contributed by atoms with Crippen LogP contribution in [0, 0.1) is 11.3 Å². The Morgan fingerprint density at radius 3 is 3.16 bits per heavy atom. The molecule has 4 rings (SSSR count). The third kappa shape index (κ3) is 3.37. The lowest BCUT2D eigenvalue weighted by Crippen LogP contribution is -2.47. The quantitative estimate of drug-likeness (QED) is 0.862. The van der Waals surface area contributed by atoms with Crippen molar-refractivity contribution in [1.29, 1.82) is 0 Å². The molecule has 25 heavy (non-hydrogen) atoms. The molecule has 2 aliphatic heterocycles. The van der Waals surface area contributed by atoms with Crippen LogP contribution < -0.4 is 15.5 Å². The van der Waals surface area contributed by atoms with Crippen LogP contribution in [-0.2, 0) is 16.1 Å². The minimum atomic E-state index is -0.182. The summed E-state index contributed by atoms with van der Waals surface area (Å²) in [7, 11) is 0. The van der Waals surface area contributed by atoms with E-state index in [2.05, 4.69) is 26.6 Å². The minimum Gasteiger partial charge on any atom is -0.378 e. The number of anilines is 1. The number of nitrogens with zero attached hydrogens (tertiary/aromatic N) is 2. The molecule has 6 nitrogen and oxygen atoms in total. The number of hydrogen-bond donors (Lipinski definition) is 2. The smallest absolute Gasteiger partial charge is 0.228 e. The number of carbonyl (C=O) groups excluding carboxylic acids is 1. The highest BCUT2D eigenvalue weighted by atomic mass is 16.5. The lowest BCUT2D eigenvalue weighted by atomic mass is 9.67. The van der Waals surface area contributed by atoms with Gasteiger partial charge in [0.2, 0.25) is 5.91 Å². The van der Waals surface area contributed by atoms with E-state index in [1.165, 1.54) is 19.3 Å². The number of rotatable bonds is 4. The second kappa shape index (κ2) is 7.30. The highest BCUT2D eigenvalue weighted by Crippen LogP contribution is 2.43. The maximum atomic E-state index is 13.0. The zero-order valence-electron chi connectivity index (χ0n) is 14.8. The third-order valence-electron chi connectivity index (χ3n) is 6.09. The van der Waals surface area contributed by atoms with Gasteiger partial charge < -0.3 is 20.3 Å². The second-order valence-electron chi connectivity index (χ2n) is 7.53. The van der Waals surface area contributed by atoms with Crippen molar-refractivity contribution in [3.63, 3.8) is 0 Å². The zero-order valence-corrected chi connectivity index (χ0v) is 14.8. The Morgan fingerprint density at radius 1 is 1.40 bits per heavy atom. The zero-order chi connectivity index (χ0) is 17.1. The number of ether oxygens (including phenoxy) is 1. The summed E-state index contributed by atoms with van der Waals surface area (Å²) in [5, 5.41) is 6.66. The summed E-state index contributed by atoms with van der Waals surface area (Å²) in [4.78, 5) is 19.7. The van der Waals surface area contributed by atoms with Gasteiger partial charge in [0, 0.05) is 32.4 Å². The lowest BCUT2D eigenvalue weighted by molar-refractivity contribution is -0.134. The molecule has 3 fully saturated rings. The van der Waals surface area contributed by atoms with E-state index in [0.717, 1.165) is 57.2 Å². The molecule has 3 heterocycles. The monoisotopic (exact) mass is 344 g/mol. The third-order valence-corrected chi connectivity index (χ3v) is 6.09. The molecule has 1 aliphatic carbocycles. The van der Waals surface area contributed by atoms with Gasteiger partial charge >= 0.3 is 0 Å². The van der Waals surface area contributed by atoms with Crippen molar-refractivity contribution < 1.29 is 9.53 Å². The number of carbonyl (C=O) groups is 1. The van der Waals surface area contributed by atoms with Crippen LogP contribution in [0.3, 0.4) is 0 Å². The van der Waals surface area contributed by atoms with E-state index in [1.807, 2.05) is 12.3 Å². The topological polar surface area (TPSA) is 66.5 Å². The summed E-state index contributed by atoms with van der Waals surface area (Å²) in [6.07, 6.45) is 6.46. The molecule has 0 aromatic carbocycles. The molecule has 0 bridgehead atoms. The Bertz CT molecular complexity index is 617. The molecular formula is C19H28N4O2. The van der Waals surface area contributed by atoms with E-state index >= 15 is 0 Å². The normalized spacial score (nSPS) is 29.3. The SMILES string of the molecule is O=C(NCc1ccnc(N2CCOCC2)c1)[C@@]12CCCC[C@H]1CNC2. The predicted molar refractivity (Wildman–Crippen MR) is 96.4 cm³/mol. The highest BCUT2D eigenvalue weighted by Gasteiger charge is 2.49. The number of fused-ring (bicyclic) bond motifs is 1. The fourth-order valence-electron chi connectivity index (χ4n) is 4.58. The highest BCUT2D eigenvalue weighted by molar-refractivity contribution is 5.83. The summed E-state index contributed by atoms with van der Waals surface area (Å²) in [6, 6.07) is 4.08. The number of pyridine rings is 1. The van der Waals surface area contributed by atoms with Crippen molar-refractivity contribution in [2.75, 3.05) is 44.3 Å². The van der Waals surface area contributed by atoms with Crippen molar-refractivity contribution in [2.24, 2.45) is 11.3 Å². The summed E-state index contributed by atoms with van der Waals surface area (Å²) in [6.45, 7) is 5.65. The summed E-state index contributed by atoms with van der Waals surface area (Å²) >= 11 is 0. The molecule has 1 aromatic rings. The van der Waals surface area contributed by atoms with E-state index < -0.39 is 0 Å². The Balaban J connectivity index is 1.40. The Kier molecular flexibility index (Phi) is 4.90. The van der Waals surface area contributed by atoms with Gasteiger partial charge in [-0.2, -0.15) is 0 Å². The van der Waals surface area contributed by atoms with Gasteiger partial charge in [0.1, 0.15) is 5.82 Å². The molecule has 2 atom stereocenters. The van der Waals surface area contributed by atoms with E-state index in [9.17, 15) is 4.79 Å². The lowest BCUT2D eigenvalue weighted by Gasteiger charge is -2.37. The van der Waals surface area contributed by atoms with Gasteiger partial charge in [0.05, 0.1) is 18.6 Å². The first-order chi connectivity index (χ1) is 12.3. The van der Waals surface area contributed by atoms with Gasteiger partial charge in [0.15, 0.2) is 0 Å². The molecule has 3 aliphatic rings. The van der Waals surface area contributed by atoms with Gasteiger partial charge in [0.25, 0.3) is 0 Å². The molecule has 1 amide bonds. The van der Waals surface area contributed by atoms with Crippen LogP contribution in [0.15, 0.2) is 18.3 Å². The summed E-state index contributed by atoms with van der Waals surface area (Å²) in [5.74, 6) is 1.71. The van der Waals surface area contributed by atoms with Crippen LogP contribution >= 0.6 is 0 Å². The van der Waals surface area contributed by atoms with Crippen LogP contribution in [0.25, 0.3) is 0 Å². The van der Waals surface area contributed by atoms with Crippen LogP contribution in [0.5, 0.6) is 0 Å². The Hall–Kier alpha value is -1.66. The maximum Gasteiger partial charge on any atom is 0.228 e. The Morgan fingerprint density at radius 2 is 2.28 bits per heavy atom. The number of amides is 1. The van der Waals surface area contributed by atoms with Crippen molar-refractivity contribution in [3.05, 3.63) is 23.9 Å². The number of nitrogens with one attached hydrogen (secondary N) is 2. The van der Waals surface area contributed by atoms with Crippen molar-refractivity contribution in [3.8, 4) is 0 Å². The van der Waals surface area contributed by atoms with Gasteiger partial charge in [-0.1, -0.05) is 12.8 Å². The largest absolute Gasteiger partial charge is 0.378 e. The first-order valence-electron chi connectivity index (χ1n) is 9.55. The average molecular weight is 344 g/mol. The van der Waals surface area contributed by atoms with Crippen molar-refractivity contribution in [2.45, 2.75) is 32.2 Å². The number of aromatic nitrogens is 1. The molecule has 6 heteroatoms. The Labute approximate surface area is 149 Å². The molecular weight excluding hydrogens is 316 g/mol.